The molecule has 1 aromatic carbocycles. The number of aromatic nitrogens is 2. The van der Waals surface area contributed by atoms with Crippen LogP contribution in [-0.2, 0) is 6.54 Å². The fraction of sp³-hybridized carbons (Fsp3) is 0.611. The van der Waals surface area contributed by atoms with E-state index in [0.717, 1.165) is 36.6 Å². The van der Waals surface area contributed by atoms with Crippen LogP contribution in [0.15, 0.2) is 24.3 Å². The van der Waals surface area contributed by atoms with Crippen LogP contribution in [0.1, 0.15) is 37.5 Å². The molecule has 1 aliphatic rings. The summed E-state index contributed by atoms with van der Waals surface area (Å²) in [7, 11) is 0. The summed E-state index contributed by atoms with van der Waals surface area (Å²) in [4.78, 5) is 7.42. The molecule has 2 heterocycles. The lowest BCUT2D eigenvalue weighted by Crippen LogP contribution is -2.33. The minimum atomic E-state index is 0.0243. The van der Waals surface area contributed by atoms with E-state index in [-0.39, 0.29) is 6.04 Å². The van der Waals surface area contributed by atoms with Crippen molar-refractivity contribution in [2.24, 2.45) is 5.73 Å². The molecule has 0 saturated carbocycles. The number of hydrogen-bond donors (Lipinski definition) is 1. The first-order valence-corrected chi connectivity index (χ1v) is 10.1. The third-order valence-corrected chi connectivity index (χ3v) is 5.38. The third kappa shape index (κ3) is 4.08. The number of hydrogen-bond acceptors (Lipinski definition) is 4. The molecule has 1 unspecified atom stereocenters. The molecule has 0 amide bonds. The molecule has 3 rings (SSSR count). The Bertz CT molecular complexity index is 619. The van der Waals surface area contributed by atoms with Gasteiger partial charge in [0.1, 0.15) is 5.82 Å². The van der Waals surface area contributed by atoms with Crippen molar-refractivity contribution in [3.05, 3.63) is 30.1 Å². The van der Waals surface area contributed by atoms with Crippen molar-refractivity contribution in [2.45, 2.75) is 38.3 Å². The van der Waals surface area contributed by atoms with E-state index in [1.165, 1.54) is 37.9 Å². The molecule has 0 spiro atoms. The van der Waals surface area contributed by atoms with Crippen LogP contribution in [0.2, 0.25) is 0 Å². The third-order valence-electron chi connectivity index (χ3n) is 4.74. The maximum atomic E-state index is 6.44. The zero-order valence-corrected chi connectivity index (χ0v) is 14.9. The van der Waals surface area contributed by atoms with E-state index in [1.807, 2.05) is 11.8 Å². The number of fused-ring (bicyclic) bond motifs is 1. The van der Waals surface area contributed by atoms with Crippen molar-refractivity contribution in [1.82, 2.24) is 14.5 Å². The number of benzene rings is 1. The average Bonchev–Trinajstić information content (AvgIpc) is 2.97. The Labute approximate surface area is 143 Å². The lowest BCUT2D eigenvalue weighted by atomic mass is 10.1. The highest BCUT2D eigenvalue weighted by molar-refractivity contribution is 7.98. The van der Waals surface area contributed by atoms with Gasteiger partial charge in [0.05, 0.1) is 17.1 Å². The monoisotopic (exact) mass is 332 g/mol. The molecular formula is C18H28N4S. The quantitative estimate of drug-likeness (QED) is 0.845. The molecule has 5 heteroatoms. The summed E-state index contributed by atoms with van der Waals surface area (Å²) in [6, 6.07) is 8.44. The molecule has 1 aliphatic heterocycles. The fourth-order valence-corrected chi connectivity index (χ4v) is 3.90. The standard InChI is InChI=1S/C18H28N4S/c1-23-14-9-15(19)18-20-16-7-3-4-8-17(16)22(18)13-12-21-10-5-2-6-11-21/h3-4,7-8,15H,2,5-6,9-14,19H2,1H3. The zero-order chi connectivity index (χ0) is 16.1. The smallest absolute Gasteiger partial charge is 0.126 e. The average molecular weight is 333 g/mol. The van der Waals surface area contributed by atoms with Gasteiger partial charge in [-0.25, -0.2) is 4.98 Å². The Balaban J connectivity index is 1.80. The fourth-order valence-electron chi connectivity index (χ4n) is 3.41. The second-order valence-electron chi connectivity index (χ2n) is 6.40. The van der Waals surface area contributed by atoms with Crippen LogP contribution in [0.4, 0.5) is 0 Å². The van der Waals surface area contributed by atoms with Crippen LogP contribution >= 0.6 is 11.8 Å². The Hall–Kier alpha value is -1.04. The lowest BCUT2D eigenvalue weighted by Gasteiger charge is -2.27. The Morgan fingerprint density at radius 2 is 1.96 bits per heavy atom. The van der Waals surface area contributed by atoms with E-state index < -0.39 is 0 Å². The summed E-state index contributed by atoms with van der Waals surface area (Å²) < 4.78 is 2.36. The van der Waals surface area contributed by atoms with E-state index in [0.29, 0.717) is 0 Å². The molecule has 2 N–H and O–H groups in total. The van der Waals surface area contributed by atoms with E-state index in [9.17, 15) is 0 Å². The van der Waals surface area contributed by atoms with Crippen LogP contribution < -0.4 is 5.73 Å². The van der Waals surface area contributed by atoms with Gasteiger partial charge in [-0.2, -0.15) is 11.8 Å². The molecule has 0 bridgehead atoms. The van der Waals surface area contributed by atoms with E-state index in [1.54, 1.807) is 0 Å². The number of likely N-dealkylation sites (tertiary alicyclic amines) is 1. The number of thioether (sulfide) groups is 1. The first-order valence-electron chi connectivity index (χ1n) is 8.71. The van der Waals surface area contributed by atoms with Crippen molar-refractivity contribution >= 4 is 22.8 Å². The Kier molecular flexibility index (Phi) is 5.97. The van der Waals surface area contributed by atoms with Gasteiger partial charge in [-0.05, 0) is 56.5 Å². The number of imidazole rings is 1. The van der Waals surface area contributed by atoms with E-state index in [4.69, 9.17) is 10.7 Å². The van der Waals surface area contributed by atoms with Gasteiger partial charge in [0.25, 0.3) is 0 Å². The van der Waals surface area contributed by atoms with Crippen LogP contribution in [0.25, 0.3) is 11.0 Å². The summed E-state index contributed by atoms with van der Waals surface area (Å²) in [6.45, 7) is 4.56. The molecule has 0 radical (unpaired) electrons. The SMILES string of the molecule is CSCCC(N)c1nc2ccccc2n1CCN1CCCCC1. The minimum absolute atomic E-state index is 0.0243. The van der Waals surface area contributed by atoms with Crippen molar-refractivity contribution < 1.29 is 0 Å². The second kappa shape index (κ2) is 8.18. The molecule has 1 atom stereocenters. The maximum Gasteiger partial charge on any atom is 0.126 e. The highest BCUT2D eigenvalue weighted by Gasteiger charge is 2.18. The zero-order valence-electron chi connectivity index (χ0n) is 14.1. The van der Waals surface area contributed by atoms with Gasteiger partial charge < -0.3 is 15.2 Å². The van der Waals surface area contributed by atoms with E-state index in [2.05, 4.69) is 40.0 Å². The van der Waals surface area contributed by atoms with Gasteiger partial charge in [-0.15, -0.1) is 0 Å². The minimum Gasteiger partial charge on any atom is -0.325 e. The summed E-state index contributed by atoms with van der Waals surface area (Å²) in [5.74, 6) is 2.13. The molecule has 2 aromatic rings. The van der Waals surface area contributed by atoms with Crippen molar-refractivity contribution in [3.63, 3.8) is 0 Å². The topological polar surface area (TPSA) is 47.1 Å². The van der Waals surface area contributed by atoms with Crippen LogP contribution in [0.3, 0.4) is 0 Å². The van der Waals surface area contributed by atoms with Gasteiger partial charge in [0.15, 0.2) is 0 Å². The largest absolute Gasteiger partial charge is 0.325 e. The predicted octanol–water partition coefficient (Wildman–Crippen LogP) is 3.28. The summed E-state index contributed by atoms with van der Waals surface area (Å²) in [5, 5.41) is 0. The maximum absolute atomic E-state index is 6.44. The van der Waals surface area contributed by atoms with Gasteiger partial charge in [-0.1, -0.05) is 18.6 Å². The number of piperidine rings is 1. The highest BCUT2D eigenvalue weighted by Crippen LogP contribution is 2.22. The van der Waals surface area contributed by atoms with Crippen LogP contribution in [0, 0.1) is 0 Å². The summed E-state index contributed by atoms with van der Waals surface area (Å²) in [6.07, 6.45) is 7.17. The Morgan fingerprint density at radius 3 is 2.74 bits per heavy atom. The highest BCUT2D eigenvalue weighted by atomic mass is 32.2. The van der Waals surface area contributed by atoms with Gasteiger partial charge in [0, 0.05) is 13.1 Å². The van der Waals surface area contributed by atoms with Crippen molar-refractivity contribution in [2.75, 3.05) is 31.6 Å². The van der Waals surface area contributed by atoms with Gasteiger partial charge in [-0.3, -0.25) is 0 Å². The molecule has 0 aliphatic carbocycles. The second-order valence-corrected chi connectivity index (χ2v) is 7.39. The number of nitrogens with two attached hydrogens (primary N) is 1. The summed E-state index contributed by atoms with van der Waals surface area (Å²) >= 11 is 1.85. The lowest BCUT2D eigenvalue weighted by molar-refractivity contribution is 0.220. The van der Waals surface area contributed by atoms with E-state index >= 15 is 0 Å². The number of nitrogens with zero attached hydrogens (tertiary/aromatic N) is 3. The van der Waals surface area contributed by atoms with Gasteiger partial charge in [0.2, 0.25) is 0 Å². The molecule has 1 aromatic heterocycles. The van der Waals surface area contributed by atoms with Crippen LogP contribution in [-0.4, -0.2) is 46.1 Å². The van der Waals surface area contributed by atoms with Crippen molar-refractivity contribution in [3.8, 4) is 0 Å². The molecule has 126 valence electrons. The number of para-hydroxylation sites is 2. The molecule has 23 heavy (non-hydrogen) atoms. The molecule has 1 fully saturated rings. The van der Waals surface area contributed by atoms with Crippen molar-refractivity contribution in [1.29, 1.82) is 0 Å². The van der Waals surface area contributed by atoms with Crippen LogP contribution in [0.5, 0.6) is 0 Å². The predicted molar refractivity (Wildman–Crippen MR) is 100.0 cm³/mol. The molecular weight excluding hydrogens is 304 g/mol. The number of rotatable bonds is 7. The normalized spacial score (nSPS) is 17.7. The first kappa shape index (κ1) is 16.8. The Morgan fingerprint density at radius 1 is 1.17 bits per heavy atom. The summed E-state index contributed by atoms with van der Waals surface area (Å²) in [5.41, 5.74) is 8.74. The molecule has 1 saturated heterocycles. The van der Waals surface area contributed by atoms with Gasteiger partial charge >= 0.3 is 0 Å². The molecule has 4 nitrogen and oxygen atoms in total. The first-order chi connectivity index (χ1) is 11.3.